The summed E-state index contributed by atoms with van der Waals surface area (Å²) in [5, 5.41) is 3.13. The van der Waals surface area contributed by atoms with E-state index in [1.54, 1.807) is 17.1 Å². The maximum absolute atomic E-state index is 5.63. The molecule has 6 nitrogen and oxygen atoms in total. The molecule has 1 N–H and O–H groups in total. The van der Waals surface area contributed by atoms with E-state index < -0.39 is 0 Å². The number of rotatable bonds is 9. The van der Waals surface area contributed by atoms with Crippen LogP contribution in [0.15, 0.2) is 61.1 Å². The van der Waals surface area contributed by atoms with E-state index in [-0.39, 0.29) is 0 Å². The van der Waals surface area contributed by atoms with Gasteiger partial charge in [0.25, 0.3) is 0 Å². The molecule has 0 radical (unpaired) electrons. The summed E-state index contributed by atoms with van der Waals surface area (Å²) in [6.07, 6.45) is 4.35. The molecule has 0 unspecified atom stereocenters. The van der Waals surface area contributed by atoms with Crippen LogP contribution in [0.5, 0.6) is 0 Å². The van der Waals surface area contributed by atoms with Crippen molar-refractivity contribution < 1.29 is 4.74 Å². The van der Waals surface area contributed by atoms with Gasteiger partial charge in [0.05, 0.1) is 25.5 Å². The van der Waals surface area contributed by atoms with Gasteiger partial charge >= 0.3 is 0 Å². The van der Waals surface area contributed by atoms with Gasteiger partial charge in [-0.2, -0.15) is 4.98 Å². The van der Waals surface area contributed by atoms with Crippen LogP contribution >= 0.6 is 12.2 Å². The molecular weight excluding hydrogens is 346 g/mol. The lowest BCUT2D eigenvalue weighted by Crippen LogP contribution is -2.14. The second-order valence-corrected chi connectivity index (χ2v) is 6.05. The van der Waals surface area contributed by atoms with Crippen molar-refractivity contribution in [3.63, 3.8) is 0 Å². The highest BCUT2D eigenvalue weighted by Crippen LogP contribution is 2.02. The Morgan fingerprint density at radius 3 is 2.62 bits per heavy atom. The van der Waals surface area contributed by atoms with Crippen LogP contribution < -0.4 is 5.32 Å². The molecule has 2 aromatic heterocycles. The van der Waals surface area contributed by atoms with Gasteiger partial charge in [-0.05, 0) is 36.3 Å². The summed E-state index contributed by atoms with van der Waals surface area (Å²) in [5.41, 5.74) is 2.19. The summed E-state index contributed by atoms with van der Waals surface area (Å²) < 4.78 is 7.90. The van der Waals surface area contributed by atoms with E-state index in [9.17, 15) is 0 Å². The first-order valence-corrected chi connectivity index (χ1v) is 8.91. The first kappa shape index (κ1) is 18.2. The fourth-order valence-electron chi connectivity index (χ4n) is 2.39. The van der Waals surface area contributed by atoms with Crippen LogP contribution in [-0.2, 0) is 17.7 Å². The minimum atomic E-state index is 0.471. The monoisotopic (exact) mass is 367 g/mol. The normalized spacial score (nSPS) is 10.6. The topological polar surface area (TPSA) is 64.9 Å². The maximum atomic E-state index is 5.63. The number of nitrogens with one attached hydrogen (secondary N) is 1. The molecule has 0 spiro atoms. The summed E-state index contributed by atoms with van der Waals surface area (Å²) >= 11 is 5.33. The zero-order chi connectivity index (χ0) is 18.0. The van der Waals surface area contributed by atoms with Gasteiger partial charge in [0.1, 0.15) is 6.33 Å². The van der Waals surface area contributed by atoms with Crippen LogP contribution in [0.2, 0.25) is 0 Å². The fourth-order valence-corrected chi connectivity index (χ4v) is 2.59. The summed E-state index contributed by atoms with van der Waals surface area (Å²) in [5.74, 6) is 0.513. The van der Waals surface area contributed by atoms with E-state index >= 15 is 0 Å². The number of pyridine rings is 1. The third-order valence-electron chi connectivity index (χ3n) is 3.73. The molecule has 1 aromatic carbocycles. The summed E-state index contributed by atoms with van der Waals surface area (Å²) in [4.78, 5) is 12.9. The Bertz CT molecular complexity index is 855. The lowest BCUT2D eigenvalue weighted by Gasteiger charge is -2.09. The predicted octanol–water partition coefficient (Wildman–Crippen LogP) is 3.12. The average Bonchev–Trinajstić information content (AvgIpc) is 2.68. The molecule has 0 fully saturated rings. The number of aromatic nitrogens is 4. The molecule has 0 aliphatic heterocycles. The molecule has 0 saturated carbocycles. The molecule has 0 atom stereocenters. The first-order chi connectivity index (χ1) is 12.8. The van der Waals surface area contributed by atoms with Crippen LogP contribution in [0.25, 0.3) is 0 Å². The third kappa shape index (κ3) is 5.72. The van der Waals surface area contributed by atoms with Gasteiger partial charge in [-0.3, -0.25) is 4.98 Å². The Labute approximate surface area is 157 Å². The van der Waals surface area contributed by atoms with Crippen LogP contribution in [0.1, 0.15) is 11.3 Å². The summed E-state index contributed by atoms with van der Waals surface area (Å²) in [6, 6.07) is 16.1. The van der Waals surface area contributed by atoms with Gasteiger partial charge in [0.15, 0.2) is 0 Å². The Morgan fingerprint density at radius 1 is 1.00 bits per heavy atom. The highest BCUT2D eigenvalue weighted by molar-refractivity contribution is 7.71. The van der Waals surface area contributed by atoms with E-state index in [1.165, 1.54) is 5.56 Å². The molecule has 0 saturated heterocycles. The maximum Gasteiger partial charge on any atom is 0.226 e. The first-order valence-electron chi connectivity index (χ1n) is 8.50. The molecule has 7 heteroatoms. The number of ether oxygens (including phenoxy) is 1. The molecule has 134 valence electrons. The molecule has 3 aromatic rings. The molecule has 0 aliphatic carbocycles. The Kier molecular flexibility index (Phi) is 6.80. The summed E-state index contributed by atoms with van der Waals surface area (Å²) in [7, 11) is 0. The lowest BCUT2D eigenvalue weighted by atomic mass is 10.2. The minimum absolute atomic E-state index is 0.471. The van der Waals surface area contributed by atoms with E-state index in [4.69, 9.17) is 17.0 Å². The smallest absolute Gasteiger partial charge is 0.226 e. The Hall–Kier alpha value is -2.64. The summed E-state index contributed by atoms with van der Waals surface area (Å²) in [6.45, 7) is 2.47. The predicted molar refractivity (Wildman–Crippen MR) is 104 cm³/mol. The van der Waals surface area contributed by atoms with Crippen LogP contribution in [0.4, 0.5) is 5.95 Å². The van der Waals surface area contributed by atoms with Gasteiger partial charge in [-0.1, -0.05) is 36.4 Å². The Balaban J connectivity index is 1.40. The van der Waals surface area contributed by atoms with Crippen molar-refractivity contribution in [3.05, 3.63) is 77.1 Å². The highest BCUT2D eigenvalue weighted by Gasteiger charge is 2.01. The Morgan fingerprint density at radius 2 is 1.85 bits per heavy atom. The number of nitrogens with zero attached hydrogens (tertiary/aromatic N) is 4. The van der Waals surface area contributed by atoms with E-state index in [1.807, 2.05) is 36.4 Å². The number of hydrogen-bond acceptors (Lipinski definition) is 6. The van der Waals surface area contributed by atoms with Gasteiger partial charge in [-0.15, -0.1) is 0 Å². The van der Waals surface area contributed by atoms with Crippen molar-refractivity contribution in [2.24, 2.45) is 0 Å². The van der Waals surface area contributed by atoms with Crippen molar-refractivity contribution in [2.45, 2.75) is 13.0 Å². The van der Waals surface area contributed by atoms with E-state index in [2.05, 4.69) is 32.4 Å². The van der Waals surface area contributed by atoms with Crippen molar-refractivity contribution >= 4 is 18.2 Å². The number of benzene rings is 1. The van der Waals surface area contributed by atoms with Crippen molar-refractivity contribution in [1.29, 1.82) is 0 Å². The number of anilines is 1. The van der Waals surface area contributed by atoms with Gasteiger partial charge in [0, 0.05) is 12.7 Å². The minimum Gasteiger partial charge on any atom is -0.379 e. The van der Waals surface area contributed by atoms with E-state index in [0.717, 1.165) is 12.1 Å². The largest absolute Gasteiger partial charge is 0.379 e. The van der Waals surface area contributed by atoms with Crippen LogP contribution in [0, 0.1) is 4.77 Å². The molecule has 0 amide bonds. The zero-order valence-electron chi connectivity index (χ0n) is 14.4. The van der Waals surface area contributed by atoms with Gasteiger partial charge in [0.2, 0.25) is 10.7 Å². The van der Waals surface area contributed by atoms with Crippen LogP contribution in [0.3, 0.4) is 0 Å². The lowest BCUT2D eigenvalue weighted by molar-refractivity contribution is 0.147. The highest BCUT2D eigenvalue weighted by atomic mass is 32.1. The van der Waals surface area contributed by atoms with Gasteiger partial charge < -0.3 is 14.6 Å². The molecular formula is C19H21N5OS. The molecule has 2 heterocycles. The van der Waals surface area contributed by atoms with Crippen molar-refractivity contribution in [2.75, 3.05) is 25.1 Å². The second-order valence-electron chi connectivity index (χ2n) is 5.69. The number of hydrogen-bond donors (Lipinski definition) is 1. The molecule has 26 heavy (non-hydrogen) atoms. The zero-order valence-corrected chi connectivity index (χ0v) is 15.2. The average molecular weight is 367 g/mol. The molecule has 0 aliphatic rings. The van der Waals surface area contributed by atoms with E-state index in [0.29, 0.717) is 37.0 Å². The van der Waals surface area contributed by atoms with Crippen molar-refractivity contribution in [1.82, 2.24) is 19.5 Å². The second kappa shape index (κ2) is 9.74. The quantitative estimate of drug-likeness (QED) is 0.463. The molecule has 0 bridgehead atoms. The van der Waals surface area contributed by atoms with Gasteiger partial charge in [-0.25, -0.2) is 4.98 Å². The molecule has 3 rings (SSSR count). The SMILES string of the molecule is S=c1nc(NCCOCCc2ccccc2)ncn1Cc1ccccn1. The standard InChI is InChI=1S/C19H21N5OS/c26-19-23-18(22-15-24(19)14-17-8-4-5-10-20-17)21-11-13-25-12-9-16-6-2-1-3-7-16/h1-8,10,15H,9,11-14H2,(H,21,23,26). The van der Waals surface area contributed by atoms with Crippen molar-refractivity contribution in [3.8, 4) is 0 Å². The fraction of sp³-hybridized carbons (Fsp3) is 0.263. The third-order valence-corrected chi connectivity index (χ3v) is 4.06. The van der Waals surface area contributed by atoms with Crippen LogP contribution in [-0.4, -0.2) is 39.3 Å².